The molecule has 0 radical (unpaired) electrons. The van der Waals surface area contributed by atoms with Gasteiger partial charge in [-0.15, -0.1) is 11.8 Å². The summed E-state index contributed by atoms with van der Waals surface area (Å²) in [6.07, 6.45) is 3.55. The monoisotopic (exact) mass is 152 g/mol. The lowest BCUT2D eigenvalue weighted by molar-refractivity contribution is 0.509. The first kappa shape index (κ1) is 10.6. The normalized spacial score (nSPS) is 12.5. The van der Waals surface area contributed by atoms with Crippen molar-refractivity contribution >= 4 is 0 Å². The Morgan fingerprint density at radius 2 is 1.73 bits per heavy atom. The maximum atomic E-state index is 3.24. The van der Waals surface area contributed by atoms with Gasteiger partial charge in [0.2, 0.25) is 0 Å². The molecule has 0 rings (SSSR count). The number of hydrogen-bond donors (Lipinski definition) is 0. The second kappa shape index (κ2) is 6.28. The maximum absolute atomic E-state index is 3.24. The largest absolute Gasteiger partial charge is 0.103 e. The summed E-state index contributed by atoms with van der Waals surface area (Å²) in [5, 5.41) is 0. The van der Waals surface area contributed by atoms with Crippen molar-refractivity contribution in [3.63, 3.8) is 0 Å². The van der Waals surface area contributed by atoms with E-state index >= 15 is 0 Å². The first-order valence-electron chi connectivity index (χ1n) is 4.65. The van der Waals surface area contributed by atoms with Gasteiger partial charge >= 0.3 is 0 Å². The Morgan fingerprint density at radius 3 is 2.18 bits per heavy atom. The second-order valence-corrected chi connectivity index (χ2v) is 3.55. The van der Waals surface area contributed by atoms with Crippen molar-refractivity contribution in [1.82, 2.24) is 0 Å². The zero-order chi connectivity index (χ0) is 8.69. The van der Waals surface area contributed by atoms with Gasteiger partial charge in [-0.2, -0.15) is 0 Å². The molecular formula is C11H20. The molecular weight excluding hydrogens is 132 g/mol. The van der Waals surface area contributed by atoms with Gasteiger partial charge in [0.15, 0.2) is 0 Å². The van der Waals surface area contributed by atoms with Crippen LogP contribution in [-0.2, 0) is 0 Å². The quantitative estimate of drug-likeness (QED) is 0.543. The average Bonchev–Trinajstić information content (AvgIpc) is 1.97. The predicted octanol–water partition coefficient (Wildman–Crippen LogP) is 3.47. The van der Waals surface area contributed by atoms with Crippen LogP contribution < -0.4 is 0 Å². The van der Waals surface area contributed by atoms with Gasteiger partial charge in [0.1, 0.15) is 0 Å². The van der Waals surface area contributed by atoms with Crippen molar-refractivity contribution in [2.75, 3.05) is 0 Å². The maximum Gasteiger partial charge on any atom is 0.0174 e. The first-order valence-corrected chi connectivity index (χ1v) is 4.65. The van der Waals surface area contributed by atoms with Gasteiger partial charge in [-0.25, -0.2) is 0 Å². The Hall–Kier alpha value is -0.440. The fraction of sp³-hybridized carbons (Fsp3) is 0.818. The molecule has 0 nitrogen and oxygen atoms in total. The SMILES string of the molecule is CCC#CC(C)CCC(C)C. The van der Waals surface area contributed by atoms with Crippen molar-refractivity contribution in [2.24, 2.45) is 11.8 Å². The number of hydrogen-bond acceptors (Lipinski definition) is 0. The molecule has 0 bridgehead atoms. The lowest BCUT2D eigenvalue weighted by atomic mass is 10.00. The highest BCUT2D eigenvalue weighted by atomic mass is 14.0. The third kappa shape index (κ3) is 7.46. The van der Waals surface area contributed by atoms with E-state index in [-0.39, 0.29) is 0 Å². The minimum absolute atomic E-state index is 0.595. The van der Waals surface area contributed by atoms with E-state index in [2.05, 4.69) is 39.5 Å². The summed E-state index contributed by atoms with van der Waals surface area (Å²) in [4.78, 5) is 0. The van der Waals surface area contributed by atoms with Crippen LogP contribution in [0.5, 0.6) is 0 Å². The van der Waals surface area contributed by atoms with Gasteiger partial charge in [0.25, 0.3) is 0 Å². The van der Waals surface area contributed by atoms with Gasteiger partial charge in [-0.05, 0) is 18.8 Å². The molecule has 0 spiro atoms. The van der Waals surface area contributed by atoms with Crippen LogP contribution in [0.4, 0.5) is 0 Å². The van der Waals surface area contributed by atoms with E-state index in [0.29, 0.717) is 5.92 Å². The lowest BCUT2D eigenvalue weighted by Crippen LogP contribution is -1.94. The van der Waals surface area contributed by atoms with Crippen LogP contribution in [0.2, 0.25) is 0 Å². The molecule has 0 aliphatic carbocycles. The minimum Gasteiger partial charge on any atom is -0.103 e. The van der Waals surface area contributed by atoms with Gasteiger partial charge in [0.05, 0.1) is 0 Å². The van der Waals surface area contributed by atoms with Gasteiger partial charge in [-0.1, -0.05) is 27.7 Å². The van der Waals surface area contributed by atoms with Crippen molar-refractivity contribution in [1.29, 1.82) is 0 Å². The highest BCUT2D eigenvalue weighted by Gasteiger charge is 1.98. The molecule has 11 heavy (non-hydrogen) atoms. The summed E-state index contributed by atoms with van der Waals surface area (Å²) < 4.78 is 0. The molecule has 0 heteroatoms. The Bertz CT molecular complexity index is 134. The molecule has 0 aliphatic heterocycles. The van der Waals surface area contributed by atoms with Gasteiger partial charge in [0, 0.05) is 12.3 Å². The van der Waals surface area contributed by atoms with E-state index in [9.17, 15) is 0 Å². The minimum atomic E-state index is 0.595. The van der Waals surface area contributed by atoms with E-state index in [1.54, 1.807) is 0 Å². The molecule has 0 N–H and O–H groups in total. The van der Waals surface area contributed by atoms with Crippen LogP contribution in [0.25, 0.3) is 0 Å². The molecule has 0 aliphatic rings. The molecule has 0 aromatic carbocycles. The van der Waals surface area contributed by atoms with Gasteiger partial charge < -0.3 is 0 Å². The number of rotatable bonds is 3. The van der Waals surface area contributed by atoms with E-state index < -0.39 is 0 Å². The Morgan fingerprint density at radius 1 is 1.09 bits per heavy atom. The Kier molecular flexibility index (Phi) is 6.03. The zero-order valence-corrected chi connectivity index (χ0v) is 8.28. The van der Waals surface area contributed by atoms with Crippen LogP contribution in [0, 0.1) is 23.7 Å². The molecule has 1 unspecified atom stereocenters. The second-order valence-electron chi connectivity index (χ2n) is 3.55. The van der Waals surface area contributed by atoms with Crippen molar-refractivity contribution in [3.8, 4) is 11.8 Å². The van der Waals surface area contributed by atoms with Crippen LogP contribution in [0.1, 0.15) is 47.0 Å². The first-order chi connectivity index (χ1) is 5.16. The molecule has 0 heterocycles. The topological polar surface area (TPSA) is 0 Å². The van der Waals surface area contributed by atoms with E-state index in [1.807, 2.05) is 0 Å². The molecule has 1 atom stereocenters. The standard InChI is InChI=1S/C11H20/c1-5-6-7-11(4)9-8-10(2)3/h10-11H,5,8-9H2,1-4H3. The smallest absolute Gasteiger partial charge is 0.0174 e. The van der Waals surface area contributed by atoms with Crippen molar-refractivity contribution < 1.29 is 0 Å². The molecule has 0 fully saturated rings. The summed E-state index contributed by atoms with van der Waals surface area (Å²) in [6.45, 7) is 8.84. The van der Waals surface area contributed by atoms with E-state index in [1.165, 1.54) is 12.8 Å². The third-order valence-corrected chi connectivity index (χ3v) is 1.70. The van der Waals surface area contributed by atoms with Crippen LogP contribution >= 0.6 is 0 Å². The molecule has 0 aromatic heterocycles. The van der Waals surface area contributed by atoms with Crippen molar-refractivity contribution in [3.05, 3.63) is 0 Å². The summed E-state index contributed by atoms with van der Waals surface area (Å²) in [6, 6.07) is 0. The fourth-order valence-corrected chi connectivity index (χ4v) is 0.932. The predicted molar refractivity (Wildman–Crippen MR) is 51.3 cm³/mol. The molecule has 0 amide bonds. The van der Waals surface area contributed by atoms with E-state index in [0.717, 1.165) is 12.3 Å². The summed E-state index contributed by atoms with van der Waals surface area (Å²) >= 11 is 0. The van der Waals surface area contributed by atoms with Crippen molar-refractivity contribution in [2.45, 2.75) is 47.0 Å². The Labute approximate surface area is 71.4 Å². The summed E-state index contributed by atoms with van der Waals surface area (Å²) in [5.41, 5.74) is 0. The van der Waals surface area contributed by atoms with Gasteiger partial charge in [-0.3, -0.25) is 0 Å². The highest BCUT2D eigenvalue weighted by Crippen LogP contribution is 2.10. The Balaban J connectivity index is 3.44. The lowest BCUT2D eigenvalue weighted by Gasteiger charge is -2.05. The van der Waals surface area contributed by atoms with Crippen LogP contribution in [-0.4, -0.2) is 0 Å². The fourth-order valence-electron chi connectivity index (χ4n) is 0.932. The average molecular weight is 152 g/mol. The van der Waals surface area contributed by atoms with Crippen LogP contribution in [0.3, 0.4) is 0 Å². The van der Waals surface area contributed by atoms with Crippen LogP contribution in [0.15, 0.2) is 0 Å². The highest BCUT2D eigenvalue weighted by molar-refractivity contribution is 5.01. The van der Waals surface area contributed by atoms with E-state index in [4.69, 9.17) is 0 Å². The molecule has 0 aromatic rings. The third-order valence-electron chi connectivity index (χ3n) is 1.70. The molecule has 0 saturated heterocycles. The molecule has 0 saturated carbocycles. The summed E-state index contributed by atoms with van der Waals surface area (Å²) in [7, 11) is 0. The summed E-state index contributed by atoms with van der Waals surface area (Å²) in [5.74, 6) is 7.77. The molecule has 64 valence electrons. The zero-order valence-electron chi connectivity index (χ0n) is 8.28.